The number of ether oxygens (including phenoxy) is 1. The fraction of sp³-hybridized carbons (Fsp3) is 0.143. The molecule has 26 heavy (non-hydrogen) atoms. The highest BCUT2D eigenvalue weighted by Crippen LogP contribution is 2.19. The van der Waals surface area contributed by atoms with Gasteiger partial charge >= 0.3 is 0 Å². The summed E-state index contributed by atoms with van der Waals surface area (Å²) in [5.41, 5.74) is 4.52. The summed E-state index contributed by atoms with van der Waals surface area (Å²) in [6, 6.07) is 17.1. The molecule has 0 saturated heterocycles. The number of amides is 1. The van der Waals surface area contributed by atoms with Gasteiger partial charge in [-0.05, 0) is 56.3 Å². The standard InChI is InChI=1S/C21H21N3O2/c1-15-20(16(2)24(23-15)18-7-5-4-6-8-18)13-14-21(25)22-17-9-11-19(26-3)12-10-17/h4-14H,1-3H3,(H,22,25)/b14-13+. The van der Waals surface area contributed by atoms with Gasteiger partial charge in [0, 0.05) is 23.0 Å². The number of hydrogen-bond donors (Lipinski definition) is 1. The lowest BCUT2D eigenvalue weighted by atomic mass is 10.2. The van der Waals surface area contributed by atoms with Crippen molar-refractivity contribution in [2.75, 3.05) is 12.4 Å². The van der Waals surface area contributed by atoms with E-state index in [1.165, 1.54) is 6.08 Å². The Bertz CT molecular complexity index is 926. The zero-order valence-electron chi connectivity index (χ0n) is 15.1. The summed E-state index contributed by atoms with van der Waals surface area (Å²) in [4.78, 5) is 12.2. The van der Waals surface area contributed by atoms with Crippen LogP contribution in [0.2, 0.25) is 0 Å². The molecule has 0 aliphatic rings. The SMILES string of the molecule is COc1ccc(NC(=O)/C=C/c2c(C)nn(-c3ccccc3)c2C)cc1. The molecule has 0 aliphatic carbocycles. The van der Waals surface area contributed by atoms with Crippen LogP contribution in [0.25, 0.3) is 11.8 Å². The Hall–Kier alpha value is -3.34. The van der Waals surface area contributed by atoms with Gasteiger partial charge in [0.05, 0.1) is 18.5 Å². The number of nitrogens with zero attached hydrogens (tertiary/aromatic N) is 2. The van der Waals surface area contributed by atoms with Crippen molar-refractivity contribution in [3.05, 3.63) is 77.6 Å². The predicted octanol–water partition coefficient (Wildman–Crippen LogP) is 4.15. The van der Waals surface area contributed by atoms with Gasteiger partial charge in [-0.2, -0.15) is 5.10 Å². The topological polar surface area (TPSA) is 56.1 Å². The van der Waals surface area contributed by atoms with Crippen molar-refractivity contribution in [1.29, 1.82) is 0 Å². The number of para-hydroxylation sites is 1. The minimum Gasteiger partial charge on any atom is -0.497 e. The van der Waals surface area contributed by atoms with E-state index >= 15 is 0 Å². The van der Waals surface area contributed by atoms with E-state index in [4.69, 9.17) is 4.74 Å². The van der Waals surface area contributed by atoms with Gasteiger partial charge < -0.3 is 10.1 Å². The van der Waals surface area contributed by atoms with Crippen LogP contribution in [-0.4, -0.2) is 22.8 Å². The number of nitrogens with one attached hydrogen (secondary N) is 1. The summed E-state index contributed by atoms with van der Waals surface area (Å²) in [7, 11) is 1.61. The fourth-order valence-corrected chi connectivity index (χ4v) is 2.73. The molecule has 0 fully saturated rings. The molecule has 1 amide bonds. The first-order chi connectivity index (χ1) is 12.6. The highest BCUT2D eigenvalue weighted by Gasteiger charge is 2.10. The number of hydrogen-bond acceptors (Lipinski definition) is 3. The van der Waals surface area contributed by atoms with E-state index in [9.17, 15) is 4.79 Å². The van der Waals surface area contributed by atoms with Gasteiger partial charge in [0.15, 0.2) is 0 Å². The fourth-order valence-electron chi connectivity index (χ4n) is 2.73. The van der Waals surface area contributed by atoms with Gasteiger partial charge in [0.1, 0.15) is 5.75 Å². The van der Waals surface area contributed by atoms with Crippen molar-refractivity contribution >= 4 is 17.7 Å². The monoisotopic (exact) mass is 347 g/mol. The van der Waals surface area contributed by atoms with Crippen molar-refractivity contribution in [2.45, 2.75) is 13.8 Å². The molecule has 0 saturated carbocycles. The van der Waals surface area contributed by atoms with Crippen molar-refractivity contribution in [2.24, 2.45) is 0 Å². The zero-order valence-corrected chi connectivity index (χ0v) is 15.1. The highest BCUT2D eigenvalue weighted by molar-refractivity contribution is 6.02. The molecule has 0 atom stereocenters. The number of methoxy groups -OCH3 is 1. The Balaban J connectivity index is 1.75. The molecule has 0 bridgehead atoms. The molecule has 1 aromatic heterocycles. The van der Waals surface area contributed by atoms with Crippen molar-refractivity contribution in [3.8, 4) is 11.4 Å². The normalized spacial score (nSPS) is 10.9. The smallest absolute Gasteiger partial charge is 0.248 e. The lowest BCUT2D eigenvalue weighted by Gasteiger charge is -2.04. The van der Waals surface area contributed by atoms with Crippen LogP contribution in [-0.2, 0) is 4.79 Å². The van der Waals surface area contributed by atoms with Crippen LogP contribution in [0, 0.1) is 13.8 Å². The van der Waals surface area contributed by atoms with Crippen LogP contribution in [0.4, 0.5) is 5.69 Å². The van der Waals surface area contributed by atoms with Crippen LogP contribution >= 0.6 is 0 Å². The van der Waals surface area contributed by atoms with Crippen LogP contribution in [0.3, 0.4) is 0 Å². The van der Waals surface area contributed by atoms with Gasteiger partial charge in [-0.3, -0.25) is 4.79 Å². The average molecular weight is 347 g/mol. The molecule has 3 rings (SSSR count). The van der Waals surface area contributed by atoms with Crippen molar-refractivity contribution in [3.63, 3.8) is 0 Å². The number of aromatic nitrogens is 2. The summed E-state index contributed by atoms with van der Waals surface area (Å²) in [6.45, 7) is 3.93. The number of benzene rings is 2. The number of rotatable bonds is 5. The third-order valence-corrected chi connectivity index (χ3v) is 4.11. The molecule has 3 aromatic rings. The Kier molecular flexibility index (Phi) is 5.17. The van der Waals surface area contributed by atoms with E-state index in [1.807, 2.05) is 48.9 Å². The average Bonchev–Trinajstić information content (AvgIpc) is 2.95. The zero-order chi connectivity index (χ0) is 18.5. The van der Waals surface area contributed by atoms with Crippen LogP contribution < -0.4 is 10.1 Å². The first-order valence-electron chi connectivity index (χ1n) is 8.33. The highest BCUT2D eigenvalue weighted by atomic mass is 16.5. The molecular formula is C21H21N3O2. The lowest BCUT2D eigenvalue weighted by Crippen LogP contribution is -2.07. The molecule has 0 aliphatic heterocycles. The summed E-state index contributed by atoms with van der Waals surface area (Å²) < 4.78 is 6.99. The lowest BCUT2D eigenvalue weighted by molar-refractivity contribution is -0.111. The molecule has 132 valence electrons. The van der Waals surface area contributed by atoms with E-state index in [2.05, 4.69) is 10.4 Å². The second-order valence-corrected chi connectivity index (χ2v) is 5.88. The molecular weight excluding hydrogens is 326 g/mol. The minimum absolute atomic E-state index is 0.193. The number of carbonyl (C=O) groups is 1. The van der Waals surface area contributed by atoms with Gasteiger partial charge in [0.25, 0.3) is 0 Å². The molecule has 0 radical (unpaired) electrons. The van der Waals surface area contributed by atoms with Gasteiger partial charge in [-0.1, -0.05) is 18.2 Å². The van der Waals surface area contributed by atoms with Crippen molar-refractivity contribution in [1.82, 2.24) is 9.78 Å². The van der Waals surface area contributed by atoms with Crippen LogP contribution in [0.15, 0.2) is 60.7 Å². The van der Waals surface area contributed by atoms with Crippen molar-refractivity contribution < 1.29 is 9.53 Å². The molecule has 2 aromatic carbocycles. The van der Waals surface area contributed by atoms with Gasteiger partial charge in [0.2, 0.25) is 5.91 Å². The van der Waals surface area contributed by atoms with Gasteiger partial charge in [-0.25, -0.2) is 4.68 Å². The maximum Gasteiger partial charge on any atom is 0.248 e. The predicted molar refractivity (Wildman–Crippen MR) is 104 cm³/mol. The summed E-state index contributed by atoms with van der Waals surface area (Å²) in [6.07, 6.45) is 3.33. The third-order valence-electron chi connectivity index (χ3n) is 4.11. The number of anilines is 1. The Morgan fingerprint density at radius 3 is 2.42 bits per heavy atom. The van der Waals surface area contributed by atoms with Gasteiger partial charge in [-0.15, -0.1) is 0 Å². The summed E-state index contributed by atoms with van der Waals surface area (Å²) in [5, 5.41) is 7.41. The Morgan fingerprint density at radius 1 is 1.08 bits per heavy atom. The molecule has 5 nitrogen and oxygen atoms in total. The second-order valence-electron chi connectivity index (χ2n) is 5.88. The summed E-state index contributed by atoms with van der Waals surface area (Å²) in [5.74, 6) is 0.555. The second kappa shape index (κ2) is 7.70. The summed E-state index contributed by atoms with van der Waals surface area (Å²) >= 11 is 0. The molecule has 1 heterocycles. The van der Waals surface area contributed by atoms with Crippen LogP contribution in [0.5, 0.6) is 5.75 Å². The Labute approximate surface area is 152 Å². The first-order valence-corrected chi connectivity index (χ1v) is 8.33. The maximum atomic E-state index is 12.2. The van der Waals surface area contributed by atoms with Crippen LogP contribution in [0.1, 0.15) is 17.0 Å². The minimum atomic E-state index is -0.193. The molecule has 0 unspecified atom stereocenters. The number of aryl methyl sites for hydroxylation is 1. The van der Waals surface area contributed by atoms with E-state index in [0.29, 0.717) is 5.69 Å². The largest absolute Gasteiger partial charge is 0.497 e. The molecule has 0 spiro atoms. The Morgan fingerprint density at radius 2 is 1.77 bits per heavy atom. The first kappa shape index (κ1) is 17.5. The van der Waals surface area contributed by atoms with E-state index < -0.39 is 0 Å². The van der Waals surface area contributed by atoms with E-state index in [-0.39, 0.29) is 5.91 Å². The third kappa shape index (κ3) is 3.83. The van der Waals surface area contributed by atoms with E-state index in [1.54, 1.807) is 37.5 Å². The maximum absolute atomic E-state index is 12.2. The molecule has 5 heteroatoms. The van der Waals surface area contributed by atoms with E-state index in [0.717, 1.165) is 28.4 Å². The number of carbonyl (C=O) groups excluding carboxylic acids is 1. The molecule has 1 N–H and O–H groups in total. The quantitative estimate of drug-likeness (QED) is 0.706.